The fraction of sp³-hybridized carbons (Fsp3) is 0.273. The van der Waals surface area contributed by atoms with E-state index < -0.39 is 5.69 Å². The third-order valence-electron chi connectivity index (χ3n) is 3.01. The molecular formula is C11H12N4O2S. The zero-order chi connectivity index (χ0) is 12.9. The van der Waals surface area contributed by atoms with Crippen LogP contribution < -0.4 is 16.6 Å². The minimum Gasteiger partial charge on any atom is -0.371 e. The van der Waals surface area contributed by atoms with E-state index in [0.29, 0.717) is 10.9 Å². The quantitative estimate of drug-likeness (QED) is 0.710. The maximum absolute atomic E-state index is 11.9. The van der Waals surface area contributed by atoms with Gasteiger partial charge in [0.15, 0.2) is 0 Å². The van der Waals surface area contributed by atoms with Gasteiger partial charge >= 0.3 is 5.69 Å². The van der Waals surface area contributed by atoms with Crippen LogP contribution in [0.2, 0.25) is 0 Å². The van der Waals surface area contributed by atoms with Gasteiger partial charge in [0.1, 0.15) is 5.37 Å². The molecule has 2 aromatic heterocycles. The number of aryl methyl sites for hydroxylation is 1. The molecule has 18 heavy (non-hydrogen) atoms. The second-order valence-corrected chi connectivity index (χ2v) is 5.22. The second-order valence-electron chi connectivity index (χ2n) is 4.24. The lowest BCUT2D eigenvalue weighted by atomic mass is 10.2. The number of hydrogen-bond donors (Lipinski definition) is 3. The Balaban J connectivity index is 2.24. The van der Waals surface area contributed by atoms with E-state index in [2.05, 4.69) is 15.3 Å². The summed E-state index contributed by atoms with van der Waals surface area (Å²) in [5.41, 5.74) is 1.72. The van der Waals surface area contributed by atoms with E-state index in [0.717, 1.165) is 11.4 Å². The van der Waals surface area contributed by atoms with Crippen LogP contribution in [0.25, 0.3) is 10.9 Å². The SMILES string of the molecule is CC1=CSC(c2[nH]cc3c2c(=O)[nH]c(=O)n3C)N1. The summed E-state index contributed by atoms with van der Waals surface area (Å²) in [5.74, 6) is 0. The van der Waals surface area contributed by atoms with Crippen LogP contribution in [-0.2, 0) is 7.05 Å². The molecule has 0 saturated heterocycles. The number of thioether (sulfide) groups is 1. The summed E-state index contributed by atoms with van der Waals surface area (Å²) in [4.78, 5) is 28.8. The van der Waals surface area contributed by atoms with Crippen LogP contribution in [0, 0.1) is 0 Å². The Kier molecular flexibility index (Phi) is 2.37. The third-order valence-corrected chi connectivity index (χ3v) is 4.12. The summed E-state index contributed by atoms with van der Waals surface area (Å²) in [7, 11) is 1.64. The Morgan fingerprint density at radius 2 is 2.17 bits per heavy atom. The van der Waals surface area contributed by atoms with Crippen LogP contribution in [0.15, 0.2) is 26.9 Å². The monoisotopic (exact) mass is 264 g/mol. The number of aromatic amines is 2. The first-order valence-electron chi connectivity index (χ1n) is 5.47. The molecule has 0 radical (unpaired) electrons. The molecule has 0 spiro atoms. The van der Waals surface area contributed by atoms with Gasteiger partial charge in [-0.2, -0.15) is 0 Å². The topological polar surface area (TPSA) is 82.7 Å². The molecule has 3 heterocycles. The zero-order valence-corrected chi connectivity index (χ0v) is 10.7. The molecule has 0 amide bonds. The molecule has 7 heteroatoms. The maximum Gasteiger partial charge on any atom is 0.328 e. The molecule has 3 N–H and O–H groups in total. The van der Waals surface area contributed by atoms with Crippen LogP contribution in [-0.4, -0.2) is 14.5 Å². The normalized spacial score (nSPS) is 19.0. The van der Waals surface area contributed by atoms with Gasteiger partial charge in [-0.05, 0) is 12.3 Å². The van der Waals surface area contributed by atoms with Crippen molar-refractivity contribution in [2.75, 3.05) is 0 Å². The summed E-state index contributed by atoms with van der Waals surface area (Å²) in [6, 6.07) is 0. The molecule has 0 aromatic carbocycles. The molecule has 0 fully saturated rings. The van der Waals surface area contributed by atoms with Crippen molar-refractivity contribution in [1.82, 2.24) is 19.9 Å². The lowest BCUT2D eigenvalue weighted by molar-refractivity contribution is 0.794. The first-order valence-corrected chi connectivity index (χ1v) is 6.41. The van der Waals surface area contributed by atoms with E-state index in [1.807, 2.05) is 12.3 Å². The molecule has 0 bridgehead atoms. The van der Waals surface area contributed by atoms with Gasteiger partial charge in [0.2, 0.25) is 0 Å². The molecule has 2 aromatic rings. The van der Waals surface area contributed by atoms with Gasteiger partial charge in [-0.15, -0.1) is 11.8 Å². The molecule has 1 atom stereocenters. The fourth-order valence-corrected chi connectivity index (χ4v) is 3.06. The lowest BCUT2D eigenvalue weighted by Gasteiger charge is -2.10. The number of nitrogens with zero attached hydrogens (tertiary/aromatic N) is 1. The molecule has 1 unspecified atom stereocenters. The molecule has 1 aliphatic rings. The van der Waals surface area contributed by atoms with Crippen molar-refractivity contribution in [1.29, 1.82) is 0 Å². The Bertz CT molecular complexity index is 767. The average Bonchev–Trinajstić information content (AvgIpc) is 2.91. The smallest absolute Gasteiger partial charge is 0.328 e. The summed E-state index contributed by atoms with van der Waals surface area (Å²) >= 11 is 1.60. The Hall–Kier alpha value is -1.89. The number of nitrogens with one attached hydrogen (secondary N) is 3. The molecule has 6 nitrogen and oxygen atoms in total. The first-order chi connectivity index (χ1) is 8.58. The second kappa shape index (κ2) is 3.81. The van der Waals surface area contributed by atoms with E-state index in [1.165, 1.54) is 4.57 Å². The number of aromatic nitrogens is 3. The Morgan fingerprint density at radius 3 is 2.83 bits per heavy atom. The summed E-state index contributed by atoms with van der Waals surface area (Å²) in [6.07, 6.45) is 1.69. The highest BCUT2D eigenvalue weighted by Crippen LogP contribution is 2.35. The minimum absolute atomic E-state index is 0.0129. The molecule has 1 aliphatic heterocycles. The fourth-order valence-electron chi connectivity index (χ4n) is 2.08. The van der Waals surface area contributed by atoms with Gasteiger partial charge in [0.25, 0.3) is 5.56 Å². The van der Waals surface area contributed by atoms with Crippen LogP contribution >= 0.6 is 11.8 Å². The van der Waals surface area contributed by atoms with E-state index in [-0.39, 0.29) is 10.9 Å². The predicted octanol–water partition coefficient (Wildman–Crippen LogP) is 0.751. The number of H-pyrrole nitrogens is 2. The summed E-state index contributed by atoms with van der Waals surface area (Å²) in [5, 5.41) is 5.79. The van der Waals surface area contributed by atoms with Crippen LogP contribution in [0.1, 0.15) is 18.0 Å². The van der Waals surface area contributed by atoms with Crippen molar-refractivity contribution in [2.24, 2.45) is 7.05 Å². The van der Waals surface area contributed by atoms with E-state index in [1.54, 1.807) is 25.0 Å². The van der Waals surface area contributed by atoms with Crippen LogP contribution in [0.5, 0.6) is 0 Å². The van der Waals surface area contributed by atoms with Gasteiger partial charge in [0, 0.05) is 18.9 Å². The van der Waals surface area contributed by atoms with E-state index >= 15 is 0 Å². The number of allylic oxidation sites excluding steroid dienone is 1. The highest BCUT2D eigenvalue weighted by Gasteiger charge is 2.22. The number of fused-ring (bicyclic) bond motifs is 1. The van der Waals surface area contributed by atoms with Crippen LogP contribution in [0.4, 0.5) is 0 Å². The molecular weight excluding hydrogens is 252 g/mol. The minimum atomic E-state index is -0.403. The zero-order valence-electron chi connectivity index (χ0n) is 9.90. The predicted molar refractivity (Wildman–Crippen MR) is 71.4 cm³/mol. The van der Waals surface area contributed by atoms with Crippen molar-refractivity contribution in [3.05, 3.63) is 43.8 Å². The molecule has 3 rings (SSSR count). The standard InChI is InChI=1S/C11H12N4O2S/c1-5-4-18-10(13-5)8-7-6(3-12-8)15(2)11(17)14-9(7)16/h3-4,10,12-13H,1-2H3,(H,14,16,17). The summed E-state index contributed by atoms with van der Waals surface area (Å²) < 4.78 is 1.43. The van der Waals surface area contributed by atoms with Gasteiger partial charge in [0.05, 0.1) is 16.6 Å². The molecule has 0 saturated carbocycles. The highest BCUT2D eigenvalue weighted by atomic mass is 32.2. The van der Waals surface area contributed by atoms with Crippen molar-refractivity contribution in [3.8, 4) is 0 Å². The highest BCUT2D eigenvalue weighted by molar-refractivity contribution is 8.02. The first kappa shape index (κ1) is 11.2. The van der Waals surface area contributed by atoms with Crippen molar-refractivity contribution in [3.63, 3.8) is 0 Å². The lowest BCUT2D eigenvalue weighted by Crippen LogP contribution is -2.28. The van der Waals surface area contributed by atoms with Gasteiger partial charge in [-0.25, -0.2) is 4.79 Å². The van der Waals surface area contributed by atoms with Gasteiger partial charge in [-0.1, -0.05) is 0 Å². The van der Waals surface area contributed by atoms with Crippen molar-refractivity contribution < 1.29 is 0 Å². The Morgan fingerprint density at radius 1 is 1.39 bits per heavy atom. The summed E-state index contributed by atoms with van der Waals surface area (Å²) in [6.45, 7) is 1.97. The molecule has 0 aliphatic carbocycles. The van der Waals surface area contributed by atoms with Gasteiger partial charge in [-0.3, -0.25) is 14.3 Å². The maximum atomic E-state index is 11.9. The number of hydrogen-bond acceptors (Lipinski definition) is 4. The number of rotatable bonds is 1. The third kappa shape index (κ3) is 1.51. The van der Waals surface area contributed by atoms with Crippen LogP contribution in [0.3, 0.4) is 0 Å². The van der Waals surface area contributed by atoms with Gasteiger partial charge < -0.3 is 10.3 Å². The largest absolute Gasteiger partial charge is 0.371 e. The molecule has 94 valence electrons. The van der Waals surface area contributed by atoms with E-state index in [9.17, 15) is 9.59 Å². The Labute approximate surface area is 106 Å². The van der Waals surface area contributed by atoms with E-state index in [4.69, 9.17) is 0 Å². The van der Waals surface area contributed by atoms with Crippen molar-refractivity contribution in [2.45, 2.75) is 12.3 Å². The average molecular weight is 264 g/mol. The van der Waals surface area contributed by atoms with Crippen molar-refractivity contribution >= 4 is 22.7 Å².